The summed E-state index contributed by atoms with van der Waals surface area (Å²) in [7, 11) is 0. The summed E-state index contributed by atoms with van der Waals surface area (Å²) in [6.07, 6.45) is 6.35. The third kappa shape index (κ3) is 4.67. The molecule has 0 amide bonds. The number of rotatable bonds is 8. The van der Waals surface area contributed by atoms with Gasteiger partial charge in [-0.3, -0.25) is 14.7 Å². The molecule has 0 unspecified atom stereocenters. The van der Waals surface area contributed by atoms with Crippen LogP contribution in [-0.2, 0) is 16.7 Å². The predicted molar refractivity (Wildman–Crippen MR) is 110 cm³/mol. The van der Waals surface area contributed by atoms with Crippen molar-refractivity contribution in [3.05, 3.63) is 58.0 Å². The molecule has 1 aliphatic heterocycles. The summed E-state index contributed by atoms with van der Waals surface area (Å²) in [5.74, 6) is 0.754. The standard InChI is InChI=1S/C22H32N4O2/c1-5-28-16-22(10-8-19-23-12-9-20(27)25-19)11-13-26(15-22)21(3,4)18-7-6-17(2)24-14-18/h6-7,9,12,14H,5,8,10-11,13,15-16H2,1-4H3,(H,23,25,27)/t22-/m1/s1. The van der Waals surface area contributed by atoms with Crippen molar-refractivity contribution in [2.24, 2.45) is 5.41 Å². The Labute approximate surface area is 167 Å². The van der Waals surface area contributed by atoms with Crippen LogP contribution in [0.4, 0.5) is 0 Å². The molecule has 6 heteroatoms. The van der Waals surface area contributed by atoms with Gasteiger partial charge in [-0.2, -0.15) is 0 Å². The molecule has 1 aliphatic rings. The number of hydrogen-bond donors (Lipinski definition) is 1. The summed E-state index contributed by atoms with van der Waals surface area (Å²) >= 11 is 0. The smallest absolute Gasteiger partial charge is 0.250 e. The number of hydrogen-bond acceptors (Lipinski definition) is 5. The van der Waals surface area contributed by atoms with Gasteiger partial charge in [0, 0.05) is 54.7 Å². The Morgan fingerprint density at radius 2 is 2.11 bits per heavy atom. The first-order valence-corrected chi connectivity index (χ1v) is 10.1. The summed E-state index contributed by atoms with van der Waals surface area (Å²) in [5, 5.41) is 0. The molecule has 3 heterocycles. The number of aryl methyl sites for hydroxylation is 2. The number of aromatic amines is 1. The van der Waals surface area contributed by atoms with Gasteiger partial charge in [0.15, 0.2) is 0 Å². The predicted octanol–water partition coefficient (Wildman–Crippen LogP) is 3.07. The third-order valence-electron chi connectivity index (χ3n) is 6.07. The van der Waals surface area contributed by atoms with Crippen molar-refractivity contribution in [1.82, 2.24) is 19.9 Å². The van der Waals surface area contributed by atoms with Gasteiger partial charge in [-0.15, -0.1) is 0 Å². The van der Waals surface area contributed by atoms with Crippen LogP contribution in [0.2, 0.25) is 0 Å². The molecule has 3 rings (SSSR count). The second-order valence-electron chi connectivity index (χ2n) is 8.44. The van der Waals surface area contributed by atoms with E-state index < -0.39 is 0 Å². The van der Waals surface area contributed by atoms with E-state index in [1.165, 1.54) is 11.6 Å². The molecule has 1 saturated heterocycles. The fourth-order valence-corrected chi connectivity index (χ4v) is 4.06. The summed E-state index contributed by atoms with van der Waals surface area (Å²) in [5.41, 5.74) is 2.16. The average molecular weight is 385 g/mol. The minimum atomic E-state index is -0.0927. The zero-order chi connectivity index (χ0) is 20.2. The highest BCUT2D eigenvalue weighted by atomic mass is 16.5. The molecule has 0 spiro atoms. The van der Waals surface area contributed by atoms with Crippen molar-refractivity contribution in [2.45, 2.75) is 52.5 Å². The van der Waals surface area contributed by atoms with Crippen LogP contribution in [0.1, 0.15) is 50.7 Å². The van der Waals surface area contributed by atoms with Crippen LogP contribution in [0.25, 0.3) is 0 Å². The maximum absolute atomic E-state index is 11.6. The number of ether oxygens (including phenoxy) is 1. The second kappa shape index (κ2) is 8.53. The Hall–Kier alpha value is -2.05. The van der Waals surface area contributed by atoms with E-state index in [1.807, 2.05) is 20.0 Å². The van der Waals surface area contributed by atoms with Crippen molar-refractivity contribution in [1.29, 1.82) is 0 Å². The number of H-pyrrole nitrogens is 1. The van der Waals surface area contributed by atoms with Crippen molar-refractivity contribution >= 4 is 0 Å². The summed E-state index contributed by atoms with van der Waals surface area (Å²) in [6, 6.07) is 5.72. The highest BCUT2D eigenvalue weighted by Gasteiger charge is 2.43. The van der Waals surface area contributed by atoms with Gasteiger partial charge >= 0.3 is 0 Å². The highest BCUT2D eigenvalue weighted by Crippen LogP contribution is 2.41. The summed E-state index contributed by atoms with van der Waals surface area (Å²) in [4.78, 5) is 25.8. The normalized spacial score (nSPS) is 20.6. The Morgan fingerprint density at radius 3 is 2.79 bits per heavy atom. The van der Waals surface area contributed by atoms with Crippen molar-refractivity contribution < 1.29 is 4.74 Å². The van der Waals surface area contributed by atoms with Gasteiger partial charge in [0.2, 0.25) is 0 Å². The largest absolute Gasteiger partial charge is 0.381 e. The van der Waals surface area contributed by atoms with Gasteiger partial charge in [-0.05, 0) is 58.7 Å². The Bertz CT molecular complexity index is 831. The SMILES string of the molecule is CCOC[C@]1(CCc2nccc(=O)[nH]2)CCN(C(C)(C)c2ccc(C)nc2)C1. The third-order valence-corrected chi connectivity index (χ3v) is 6.07. The summed E-state index contributed by atoms with van der Waals surface area (Å²) in [6.45, 7) is 12.0. The molecule has 6 nitrogen and oxygen atoms in total. The first-order chi connectivity index (χ1) is 13.3. The first-order valence-electron chi connectivity index (χ1n) is 10.1. The second-order valence-corrected chi connectivity index (χ2v) is 8.44. The van der Waals surface area contributed by atoms with Gasteiger partial charge in [0.25, 0.3) is 5.56 Å². The Morgan fingerprint density at radius 1 is 1.29 bits per heavy atom. The number of aromatic nitrogens is 3. The van der Waals surface area contributed by atoms with Gasteiger partial charge < -0.3 is 9.72 Å². The number of nitrogens with one attached hydrogen (secondary N) is 1. The molecule has 1 fully saturated rings. The molecule has 2 aromatic heterocycles. The maximum atomic E-state index is 11.6. The van der Waals surface area contributed by atoms with E-state index in [0.717, 1.165) is 50.5 Å². The lowest BCUT2D eigenvalue weighted by Crippen LogP contribution is -2.42. The summed E-state index contributed by atoms with van der Waals surface area (Å²) < 4.78 is 5.88. The van der Waals surface area contributed by atoms with Crippen LogP contribution in [0.15, 0.2) is 35.4 Å². The Balaban J connectivity index is 1.75. The Kier molecular flexibility index (Phi) is 6.30. The fourth-order valence-electron chi connectivity index (χ4n) is 4.06. The minimum absolute atomic E-state index is 0.0693. The molecule has 1 N–H and O–H groups in total. The van der Waals surface area contributed by atoms with Crippen molar-refractivity contribution in [3.63, 3.8) is 0 Å². The first kappa shape index (κ1) is 20.7. The van der Waals surface area contributed by atoms with Crippen LogP contribution >= 0.6 is 0 Å². The van der Waals surface area contributed by atoms with E-state index in [0.29, 0.717) is 6.61 Å². The molecule has 1 atom stereocenters. The van der Waals surface area contributed by atoms with E-state index in [4.69, 9.17) is 4.74 Å². The zero-order valence-electron chi connectivity index (χ0n) is 17.5. The number of pyridine rings is 1. The van der Waals surface area contributed by atoms with E-state index in [2.05, 4.69) is 45.8 Å². The maximum Gasteiger partial charge on any atom is 0.250 e. The highest BCUT2D eigenvalue weighted by molar-refractivity contribution is 5.22. The van der Waals surface area contributed by atoms with Gasteiger partial charge in [0.1, 0.15) is 5.82 Å². The van der Waals surface area contributed by atoms with Crippen LogP contribution < -0.4 is 5.56 Å². The molecule has 28 heavy (non-hydrogen) atoms. The van der Waals surface area contributed by atoms with Crippen LogP contribution in [0, 0.1) is 12.3 Å². The number of nitrogens with zero attached hydrogens (tertiary/aromatic N) is 3. The molecule has 152 valence electrons. The molecule has 0 aliphatic carbocycles. The zero-order valence-corrected chi connectivity index (χ0v) is 17.5. The minimum Gasteiger partial charge on any atom is -0.381 e. The van der Waals surface area contributed by atoms with Crippen molar-refractivity contribution in [2.75, 3.05) is 26.3 Å². The van der Waals surface area contributed by atoms with Gasteiger partial charge in [-0.25, -0.2) is 4.98 Å². The van der Waals surface area contributed by atoms with E-state index in [1.54, 1.807) is 6.20 Å². The molecule has 0 radical (unpaired) electrons. The lowest BCUT2D eigenvalue weighted by molar-refractivity contribution is 0.0382. The topological polar surface area (TPSA) is 71.1 Å². The van der Waals surface area contributed by atoms with E-state index in [9.17, 15) is 4.79 Å². The monoisotopic (exact) mass is 384 g/mol. The van der Waals surface area contributed by atoms with Crippen molar-refractivity contribution in [3.8, 4) is 0 Å². The average Bonchev–Trinajstić information content (AvgIpc) is 3.11. The quantitative estimate of drug-likeness (QED) is 0.757. The molecular formula is C22H32N4O2. The lowest BCUT2D eigenvalue weighted by Gasteiger charge is -2.38. The van der Waals surface area contributed by atoms with Crippen LogP contribution in [0.3, 0.4) is 0 Å². The molecular weight excluding hydrogens is 352 g/mol. The van der Waals surface area contributed by atoms with Crippen LogP contribution in [-0.4, -0.2) is 46.2 Å². The molecule has 0 aromatic carbocycles. The van der Waals surface area contributed by atoms with Gasteiger partial charge in [-0.1, -0.05) is 6.07 Å². The van der Waals surface area contributed by atoms with E-state index >= 15 is 0 Å². The number of likely N-dealkylation sites (tertiary alicyclic amines) is 1. The fraction of sp³-hybridized carbons (Fsp3) is 0.591. The lowest BCUT2D eigenvalue weighted by atomic mass is 9.82. The molecule has 0 bridgehead atoms. The van der Waals surface area contributed by atoms with Crippen LogP contribution in [0.5, 0.6) is 0 Å². The molecule has 2 aromatic rings. The molecule has 0 saturated carbocycles. The van der Waals surface area contributed by atoms with E-state index in [-0.39, 0.29) is 16.5 Å². The van der Waals surface area contributed by atoms with Gasteiger partial charge in [0.05, 0.1) is 6.61 Å².